The summed E-state index contributed by atoms with van der Waals surface area (Å²) in [7, 11) is 0. The van der Waals surface area contributed by atoms with Crippen LogP contribution in [0.4, 0.5) is 0 Å². The van der Waals surface area contributed by atoms with Gasteiger partial charge in [0.05, 0.1) is 0 Å². The lowest BCUT2D eigenvalue weighted by molar-refractivity contribution is 0.153. The van der Waals surface area contributed by atoms with Crippen molar-refractivity contribution in [2.75, 3.05) is 26.2 Å². The fourth-order valence-electron chi connectivity index (χ4n) is 2.92. The first-order valence-electron chi connectivity index (χ1n) is 8.04. The molecule has 1 N–H and O–H groups in total. The van der Waals surface area contributed by atoms with Crippen molar-refractivity contribution in [3.05, 3.63) is 72.6 Å². The normalized spacial score (nSPS) is 17.8. The summed E-state index contributed by atoms with van der Waals surface area (Å²) in [4.78, 5) is 6.77. The Balaban J connectivity index is 0.00000208. The van der Waals surface area contributed by atoms with Crippen LogP contribution in [0.2, 0.25) is 0 Å². The first kappa shape index (κ1) is 18.5. The highest BCUT2D eigenvalue weighted by molar-refractivity contribution is 5.85. The summed E-state index contributed by atoms with van der Waals surface area (Å²) in [6.07, 6.45) is 5.55. The summed E-state index contributed by atoms with van der Waals surface area (Å²) >= 11 is 0. The van der Waals surface area contributed by atoms with E-state index >= 15 is 0 Å². The van der Waals surface area contributed by atoms with Crippen molar-refractivity contribution in [2.45, 2.75) is 12.6 Å². The third kappa shape index (κ3) is 4.81. The number of pyridine rings is 1. The first-order valence-corrected chi connectivity index (χ1v) is 8.04. The topological polar surface area (TPSA) is 37.4 Å². The summed E-state index contributed by atoms with van der Waals surface area (Å²) < 4.78 is 5.54. The maximum atomic E-state index is 5.54. The molecule has 2 heterocycles. The molecule has 1 aromatic heterocycles. The number of ether oxygens (including phenoxy) is 1. The molecule has 0 amide bonds. The average Bonchev–Trinajstić information content (AvgIpc) is 2.62. The van der Waals surface area contributed by atoms with Crippen LogP contribution in [0.25, 0.3) is 0 Å². The van der Waals surface area contributed by atoms with E-state index in [1.807, 2.05) is 30.6 Å². The number of hydrogen-bond acceptors (Lipinski definition) is 4. The van der Waals surface area contributed by atoms with E-state index in [4.69, 9.17) is 4.74 Å². The zero-order valence-corrected chi connectivity index (χ0v) is 14.5. The lowest BCUT2D eigenvalue weighted by Gasteiger charge is -2.36. The van der Waals surface area contributed by atoms with Gasteiger partial charge < -0.3 is 10.1 Å². The van der Waals surface area contributed by atoms with Gasteiger partial charge in [0.15, 0.2) is 0 Å². The van der Waals surface area contributed by atoms with Crippen molar-refractivity contribution < 1.29 is 4.74 Å². The number of aromatic nitrogens is 1. The second-order valence-corrected chi connectivity index (χ2v) is 5.72. The highest BCUT2D eigenvalue weighted by atomic mass is 35.5. The van der Waals surface area contributed by atoms with Gasteiger partial charge in [0.25, 0.3) is 0 Å². The molecule has 1 aromatic carbocycles. The van der Waals surface area contributed by atoms with Gasteiger partial charge in [-0.25, -0.2) is 0 Å². The first-order chi connectivity index (χ1) is 11.4. The summed E-state index contributed by atoms with van der Waals surface area (Å²) in [5.41, 5.74) is 2.57. The van der Waals surface area contributed by atoms with Crippen LogP contribution < -0.4 is 10.1 Å². The van der Waals surface area contributed by atoms with Crippen LogP contribution in [0.3, 0.4) is 0 Å². The molecule has 0 aliphatic carbocycles. The van der Waals surface area contributed by atoms with Crippen molar-refractivity contribution in [1.29, 1.82) is 0 Å². The van der Waals surface area contributed by atoms with Gasteiger partial charge in [0.2, 0.25) is 0 Å². The number of hydrogen-bond donors (Lipinski definition) is 1. The number of benzene rings is 1. The van der Waals surface area contributed by atoms with Gasteiger partial charge in [0.1, 0.15) is 12.4 Å². The van der Waals surface area contributed by atoms with Crippen LogP contribution in [-0.2, 0) is 6.54 Å². The maximum Gasteiger partial charge on any atom is 0.119 e. The molecule has 4 nitrogen and oxygen atoms in total. The van der Waals surface area contributed by atoms with Crippen molar-refractivity contribution in [3.8, 4) is 5.75 Å². The molecule has 2 aromatic rings. The third-order valence-electron chi connectivity index (χ3n) is 4.10. The van der Waals surface area contributed by atoms with E-state index in [2.05, 4.69) is 40.0 Å². The predicted octanol–water partition coefficient (Wildman–Crippen LogP) is 3.21. The van der Waals surface area contributed by atoms with Gasteiger partial charge in [-0.05, 0) is 29.3 Å². The number of nitrogens with zero attached hydrogens (tertiary/aromatic N) is 2. The van der Waals surface area contributed by atoms with Crippen LogP contribution in [0, 0.1) is 0 Å². The second kappa shape index (κ2) is 9.42. The Morgan fingerprint density at radius 3 is 2.83 bits per heavy atom. The molecule has 0 radical (unpaired) electrons. The summed E-state index contributed by atoms with van der Waals surface area (Å²) in [6.45, 7) is 8.17. The summed E-state index contributed by atoms with van der Waals surface area (Å²) in [5, 5.41) is 3.48. The number of rotatable bonds is 6. The molecule has 3 rings (SSSR count). The van der Waals surface area contributed by atoms with Crippen LogP contribution in [-0.4, -0.2) is 36.1 Å². The molecule has 1 atom stereocenters. The van der Waals surface area contributed by atoms with Crippen LogP contribution in [0.5, 0.6) is 5.75 Å². The molecule has 0 bridgehead atoms. The molecular formula is C19H24ClN3O. The largest absolute Gasteiger partial charge is 0.490 e. The van der Waals surface area contributed by atoms with Gasteiger partial charge >= 0.3 is 0 Å². The number of nitrogens with one attached hydrogen (secondary N) is 1. The van der Waals surface area contributed by atoms with E-state index in [1.54, 1.807) is 6.08 Å². The lowest BCUT2D eigenvalue weighted by atomic mass is 10.0. The minimum absolute atomic E-state index is 0. The van der Waals surface area contributed by atoms with Crippen molar-refractivity contribution in [3.63, 3.8) is 0 Å². The van der Waals surface area contributed by atoms with Gasteiger partial charge in [0, 0.05) is 44.6 Å². The fraction of sp³-hybridized carbons (Fsp3) is 0.316. The Bertz CT molecular complexity index is 618. The smallest absolute Gasteiger partial charge is 0.119 e. The van der Waals surface area contributed by atoms with E-state index in [1.165, 1.54) is 11.1 Å². The highest BCUT2D eigenvalue weighted by Gasteiger charge is 2.23. The third-order valence-corrected chi connectivity index (χ3v) is 4.10. The molecule has 1 unspecified atom stereocenters. The van der Waals surface area contributed by atoms with Gasteiger partial charge in [-0.3, -0.25) is 9.88 Å². The monoisotopic (exact) mass is 345 g/mol. The molecule has 0 spiro atoms. The van der Waals surface area contributed by atoms with E-state index in [-0.39, 0.29) is 12.4 Å². The molecule has 5 heteroatoms. The van der Waals surface area contributed by atoms with Gasteiger partial charge in [-0.15, -0.1) is 12.4 Å². The van der Waals surface area contributed by atoms with E-state index in [0.29, 0.717) is 12.6 Å². The Kier molecular flexibility index (Phi) is 7.25. The number of halogens is 1. The van der Waals surface area contributed by atoms with Crippen LogP contribution >= 0.6 is 12.4 Å². The SMILES string of the molecule is C=CCOc1ccc(CN2CCNCC2c2cccnc2)cc1.Cl. The van der Waals surface area contributed by atoms with E-state index in [9.17, 15) is 0 Å². The van der Waals surface area contributed by atoms with Crippen LogP contribution in [0.15, 0.2) is 61.4 Å². The van der Waals surface area contributed by atoms with Crippen LogP contribution in [0.1, 0.15) is 17.2 Å². The Hall–Kier alpha value is -1.88. The standard InChI is InChI=1S/C19H23N3O.ClH/c1-2-12-23-18-7-5-16(6-8-18)15-22-11-10-21-14-19(22)17-4-3-9-20-13-17;/h2-9,13,19,21H,1,10-12,14-15H2;1H. The summed E-state index contributed by atoms with van der Waals surface area (Å²) in [6, 6.07) is 12.9. The Morgan fingerprint density at radius 1 is 1.29 bits per heavy atom. The minimum atomic E-state index is 0. The summed E-state index contributed by atoms with van der Waals surface area (Å²) in [5.74, 6) is 0.887. The lowest BCUT2D eigenvalue weighted by Crippen LogP contribution is -2.45. The number of piperazine rings is 1. The highest BCUT2D eigenvalue weighted by Crippen LogP contribution is 2.24. The van der Waals surface area contributed by atoms with E-state index < -0.39 is 0 Å². The molecule has 1 aliphatic rings. The molecule has 1 fully saturated rings. The maximum absolute atomic E-state index is 5.54. The van der Waals surface area contributed by atoms with Gasteiger partial charge in [-0.2, -0.15) is 0 Å². The average molecular weight is 346 g/mol. The zero-order chi connectivity index (χ0) is 15.9. The second-order valence-electron chi connectivity index (χ2n) is 5.72. The molecule has 1 aliphatic heterocycles. The van der Waals surface area contributed by atoms with Crippen molar-refractivity contribution >= 4 is 12.4 Å². The van der Waals surface area contributed by atoms with Crippen molar-refractivity contribution in [2.24, 2.45) is 0 Å². The molecule has 0 saturated carbocycles. The molecule has 1 saturated heterocycles. The molecule has 128 valence electrons. The predicted molar refractivity (Wildman–Crippen MR) is 99.6 cm³/mol. The molecular weight excluding hydrogens is 322 g/mol. The minimum Gasteiger partial charge on any atom is -0.490 e. The van der Waals surface area contributed by atoms with Crippen molar-refractivity contribution in [1.82, 2.24) is 15.2 Å². The quantitative estimate of drug-likeness (QED) is 0.816. The fourth-order valence-corrected chi connectivity index (χ4v) is 2.92. The molecule has 24 heavy (non-hydrogen) atoms. The Labute approximate surface area is 150 Å². The van der Waals surface area contributed by atoms with E-state index in [0.717, 1.165) is 31.9 Å². The zero-order valence-electron chi connectivity index (χ0n) is 13.7. The van der Waals surface area contributed by atoms with Gasteiger partial charge in [-0.1, -0.05) is 30.9 Å². The Morgan fingerprint density at radius 2 is 2.12 bits per heavy atom.